The van der Waals surface area contributed by atoms with Crippen molar-refractivity contribution in [2.45, 2.75) is 58.5 Å². The van der Waals surface area contributed by atoms with Crippen LogP contribution < -0.4 is 10.6 Å². The highest BCUT2D eigenvalue weighted by Crippen LogP contribution is 2.39. The largest absolute Gasteiger partial charge is 0.351 e. The van der Waals surface area contributed by atoms with Gasteiger partial charge in [0.05, 0.1) is 0 Å². The Balaban J connectivity index is 2.28. The molecule has 0 bridgehead atoms. The van der Waals surface area contributed by atoms with Crippen LogP contribution in [0.4, 0.5) is 0 Å². The Labute approximate surface area is 93.0 Å². The number of hydrogen-bond donors (Lipinski definition) is 2. The molecule has 1 aliphatic rings. The molecule has 2 N–H and O–H groups in total. The first-order valence-electron chi connectivity index (χ1n) is 6.00. The van der Waals surface area contributed by atoms with E-state index in [0.29, 0.717) is 12.3 Å². The fourth-order valence-corrected chi connectivity index (χ4v) is 2.02. The molecule has 0 aromatic heterocycles. The highest BCUT2D eigenvalue weighted by atomic mass is 16.1. The third-order valence-corrected chi connectivity index (χ3v) is 3.10. The second-order valence-electron chi connectivity index (χ2n) is 5.21. The molecular formula is C12H24N2O. The van der Waals surface area contributed by atoms with E-state index in [1.165, 1.54) is 12.8 Å². The Morgan fingerprint density at radius 3 is 2.53 bits per heavy atom. The second-order valence-corrected chi connectivity index (χ2v) is 5.21. The Morgan fingerprint density at radius 2 is 2.07 bits per heavy atom. The van der Waals surface area contributed by atoms with Crippen molar-refractivity contribution in [3.63, 3.8) is 0 Å². The van der Waals surface area contributed by atoms with Crippen molar-refractivity contribution in [3.8, 4) is 0 Å². The van der Waals surface area contributed by atoms with Crippen LogP contribution in [0.15, 0.2) is 0 Å². The summed E-state index contributed by atoms with van der Waals surface area (Å²) in [5, 5.41) is 6.37. The molecular weight excluding hydrogens is 188 g/mol. The van der Waals surface area contributed by atoms with E-state index in [9.17, 15) is 4.79 Å². The minimum atomic E-state index is -0.0109. The van der Waals surface area contributed by atoms with Crippen molar-refractivity contribution in [1.29, 1.82) is 0 Å². The highest BCUT2D eigenvalue weighted by Gasteiger charge is 2.38. The molecule has 1 saturated carbocycles. The topological polar surface area (TPSA) is 41.1 Å². The molecule has 0 radical (unpaired) electrons. The summed E-state index contributed by atoms with van der Waals surface area (Å²) in [7, 11) is 0. The van der Waals surface area contributed by atoms with Crippen molar-refractivity contribution >= 4 is 5.91 Å². The smallest absolute Gasteiger partial charge is 0.221 e. The zero-order chi connectivity index (χ0) is 11.5. The lowest BCUT2D eigenvalue weighted by Gasteiger charge is -2.27. The average Bonchev–Trinajstić information content (AvgIpc) is 2.83. The van der Waals surface area contributed by atoms with Gasteiger partial charge in [-0.05, 0) is 46.1 Å². The Hall–Kier alpha value is -0.570. The summed E-state index contributed by atoms with van der Waals surface area (Å²) < 4.78 is 0. The molecule has 3 nitrogen and oxygen atoms in total. The van der Waals surface area contributed by atoms with Crippen LogP contribution in [0, 0.1) is 5.92 Å². The molecule has 3 heteroatoms. The number of nitrogens with one attached hydrogen (secondary N) is 2. The second kappa shape index (κ2) is 4.97. The first-order valence-corrected chi connectivity index (χ1v) is 6.00. The van der Waals surface area contributed by atoms with E-state index >= 15 is 0 Å². The van der Waals surface area contributed by atoms with Gasteiger partial charge in [0.15, 0.2) is 0 Å². The molecule has 15 heavy (non-hydrogen) atoms. The summed E-state index contributed by atoms with van der Waals surface area (Å²) in [6.45, 7) is 9.27. The molecule has 1 amide bonds. The van der Waals surface area contributed by atoms with Crippen LogP contribution in [0.5, 0.6) is 0 Å². The van der Waals surface area contributed by atoms with Crippen LogP contribution in [0.2, 0.25) is 0 Å². The maximum Gasteiger partial charge on any atom is 0.221 e. The number of carbonyl (C=O) groups is 1. The molecule has 1 atom stereocenters. The summed E-state index contributed by atoms with van der Waals surface area (Å²) in [5.41, 5.74) is -0.0109. The Kier molecular flexibility index (Phi) is 4.14. The number of rotatable bonds is 6. The molecule has 88 valence electrons. The van der Waals surface area contributed by atoms with E-state index in [4.69, 9.17) is 0 Å². The van der Waals surface area contributed by atoms with Crippen molar-refractivity contribution in [1.82, 2.24) is 10.6 Å². The maximum atomic E-state index is 11.7. The van der Waals surface area contributed by atoms with Crippen LogP contribution >= 0.6 is 0 Å². The quantitative estimate of drug-likeness (QED) is 0.703. The normalized spacial score (nSPS) is 18.7. The minimum Gasteiger partial charge on any atom is -0.351 e. The molecule has 0 saturated heterocycles. The highest BCUT2D eigenvalue weighted by molar-refractivity contribution is 5.77. The van der Waals surface area contributed by atoms with Gasteiger partial charge in [-0.25, -0.2) is 0 Å². The lowest BCUT2D eigenvalue weighted by Crippen LogP contribution is -2.47. The van der Waals surface area contributed by atoms with Crippen molar-refractivity contribution in [2.75, 3.05) is 6.54 Å². The molecule has 0 aromatic carbocycles. The van der Waals surface area contributed by atoms with E-state index in [0.717, 1.165) is 6.54 Å². The number of amides is 1. The molecule has 1 unspecified atom stereocenters. The standard InChI is InChI=1S/C12H24N2O/c1-5-13-9(2)8-11(15)14-12(3,4)10-6-7-10/h9-10,13H,5-8H2,1-4H3,(H,14,15). The number of carbonyl (C=O) groups excluding carboxylic acids is 1. The lowest BCUT2D eigenvalue weighted by molar-refractivity contribution is -0.123. The van der Waals surface area contributed by atoms with Crippen LogP contribution in [0.3, 0.4) is 0 Å². The Bertz CT molecular complexity index is 222. The fraction of sp³-hybridized carbons (Fsp3) is 0.917. The van der Waals surface area contributed by atoms with Gasteiger partial charge >= 0.3 is 0 Å². The van der Waals surface area contributed by atoms with Gasteiger partial charge in [-0.2, -0.15) is 0 Å². The van der Waals surface area contributed by atoms with Crippen molar-refractivity contribution < 1.29 is 4.79 Å². The van der Waals surface area contributed by atoms with Crippen LogP contribution in [0.1, 0.15) is 47.0 Å². The van der Waals surface area contributed by atoms with Gasteiger partial charge < -0.3 is 10.6 Å². The zero-order valence-corrected chi connectivity index (χ0v) is 10.4. The summed E-state index contributed by atoms with van der Waals surface area (Å²) in [5.74, 6) is 0.858. The molecule has 0 aliphatic heterocycles. The van der Waals surface area contributed by atoms with Gasteiger partial charge in [-0.15, -0.1) is 0 Å². The SMILES string of the molecule is CCNC(C)CC(=O)NC(C)(C)C1CC1. The van der Waals surface area contributed by atoms with E-state index < -0.39 is 0 Å². The summed E-state index contributed by atoms with van der Waals surface area (Å²) in [4.78, 5) is 11.7. The molecule has 0 aromatic rings. The number of hydrogen-bond acceptors (Lipinski definition) is 2. The van der Waals surface area contributed by atoms with Crippen molar-refractivity contribution in [2.24, 2.45) is 5.92 Å². The van der Waals surface area contributed by atoms with Gasteiger partial charge in [0, 0.05) is 18.0 Å². The van der Waals surface area contributed by atoms with Crippen LogP contribution in [0.25, 0.3) is 0 Å². The Morgan fingerprint density at radius 1 is 1.47 bits per heavy atom. The summed E-state index contributed by atoms with van der Waals surface area (Å²) in [6, 6.07) is 0.269. The molecule has 0 heterocycles. The lowest BCUT2D eigenvalue weighted by atomic mass is 9.98. The average molecular weight is 212 g/mol. The van der Waals surface area contributed by atoms with Gasteiger partial charge in [0.2, 0.25) is 5.91 Å². The molecule has 1 fully saturated rings. The zero-order valence-electron chi connectivity index (χ0n) is 10.4. The van der Waals surface area contributed by atoms with E-state index in [1.54, 1.807) is 0 Å². The van der Waals surface area contributed by atoms with E-state index in [2.05, 4.69) is 31.4 Å². The molecule has 0 spiro atoms. The third-order valence-electron chi connectivity index (χ3n) is 3.10. The van der Waals surface area contributed by atoms with E-state index in [1.807, 2.05) is 6.92 Å². The predicted octanol–water partition coefficient (Wildman–Crippen LogP) is 1.68. The first-order chi connectivity index (χ1) is 6.95. The van der Waals surface area contributed by atoms with E-state index in [-0.39, 0.29) is 17.5 Å². The first kappa shape index (κ1) is 12.5. The third kappa shape index (κ3) is 4.20. The molecule has 1 rings (SSSR count). The van der Waals surface area contributed by atoms with Gasteiger partial charge in [-0.1, -0.05) is 6.92 Å². The summed E-state index contributed by atoms with van der Waals surface area (Å²) in [6.07, 6.45) is 3.09. The van der Waals surface area contributed by atoms with Crippen LogP contribution in [-0.2, 0) is 4.79 Å². The van der Waals surface area contributed by atoms with Gasteiger partial charge in [0.1, 0.15) is 0 Å². The fourth-order valence-electron chi connectivity index (χ4n) is 2.02. The maximum absolute atomic E-state index is 11.7. The van der Waals surface area contributed by atoms with Crippen molar-refractivity contribution in [3.05, 3.63) is 0 Å². The summed E-state index contributed by atoms with van der Waals surface area (Å²) >= 11 is 0. The van der Waals surface area contributed by atoms with Crippen LogP contribution in [-0.4, -0.2) is 24.0 Å². The van der Waals surface area contributed by atoms with Gasteiger partial charge in [0.25, 0.3) is 0 Å². The van der Waals surface area contributed by atoms with Gasteiger partial charge in [-0.3, -0.25) is 4.79 Å². The predicted molar refractivity (Wildman–Crippen MR) is 62.7 cm³/mol. The monoisotopic (exact) mass is 212 g/mol. The molecule has 1 aliphatic carbocycles. The minimum absolute atomic E-state index is 0.0109.